The molecule has 2 aliphatic rings. The lowest BCUT2D eigenvalue weighted by Gasteiger charge is -2.37. The second-order valence-electron chi connectivity index (χ2n) is 8.12. The molecule has 0 unspecified atom stereocenters. The van der Waals surface area contributed by atoms with Gasteiger partial charge in [0, 0.05) is 57.6 Å². The van der Waals surface area contributed by atoms with Crippen LogP contribution in [0.2, 0.25) is 0 Å². The van der Waals surface area contributed by atoms with Gasteiger partial charge in [0.05, 0.1) is 12.5 Å². The van der Waals surface area contributed by atoms with Crippen LogP contribution in [-0.4, -0.2) is 68.2 Å². The van der Waals surface area contributed by atoms with E-state index in [1.807, 2.05) is 61.2 Å². The summed E-state index contributed by atoms with van der Waals surface area (Å²) in [6.07, 6.45) is 1.78. The lowest BCUT2D eigenvalue weighted by atomic mass is 9.93. The third-order valence-corrected chi connectivity index (χ3v) is 5.92. The van der Waals surface area contributed by atoms with Crippen molar-refractivity contribution in [2.75, 3.05) is 57.2 Å². The summed E-state index contributed by atoms with van der Waals surface area (Å²) in [6.45, 7) is 4.84. The van der Waals surface area contributed by atoms with E-state index in [1.54, 1.807) is 7.11 Å². The molecule has 0 N–H and O–H groups in total. The second-order valence-corrected chi connectivity index (χ2v) is 8.12. The fourth-order valence-corrected chi connectivity index (χ4v) is 4.08. The SMILES string of the molecule is COc1ccccc1C1(C(=O)N2CCN(c3nc(C)cc(N(C)C)n3)CC2)CC1. The first kappa shape index (κ1) is 19.5. The Bertz CT molecular complexity index is 902. The third-order valence-electron chi connectivity index (χ3n) is 5.92. The van der Waals surface area contributed by atoms with Crippen LogP contribution >= 0.6 is 0 Å². The van der Waals surface area contributed by atoms with E-state index in [0.717, 1.165) is 54.7 Å². The van der Waals surface area contributed by atoms with Crippen molar-refractivity contribution in [1.29, 1.82) is 0 Å². The summed E-state index contributed by atoms with van der Waals surface area (Å²) < 4.78 is 5.53. The zero-order chi connectivity index (χ0) is 20.6. The molecule has 2 heterocycles. The van der Waals surface area contributed by atoms with E-state index in [4.69, 9.17) is 4.74 Å². The molecule has 154 valence electrons. The molecule has 1 aromatic heterocycles. The fraction of sp³-hybridized carbons (Fsp3) is 0.500. The van der Waals surface area contributed by atoms with Crippen molar-refractivity contribution in [2.45, 2.75) is 25.2 Å². The van der Waals surface area contributed by atoms with E-state index in [-0.39, 0.29) is 5.91 Å². The highest BCUT2D eigenvalue weighted by Gasteiger charge is 2.54. The number of carbonyl (C=O) groups is 1. The van der Waals surface area contributed by atoms with Crippen molar-refractivity contribution in [1.82, 2.24) is 14.9 Å². The molecule has 0 spiro atoms. The largest absolute Gasteiger partial charge is 0.496 e. The number of aryl methyl sites for hydroxylation is 1. The Morgan fingerprint density at radius 2 is 1.79 bits per heavy atom. The Labute approximate surface area is 172 Å². The molecular formula is C22H29N5O2. The standard InChI is InChI=1S/C22H29N5O2/c1-16-15-19(25(2)3)24-21(23-16)27-13-11-26(12-14-27)20(28)22(9-10-22)17-7-5-6-8-18(17)29-4/h5-8,15H,9-14H2,1-4H3. The molecule has 7 heteroatoms. The molecule has 7 nitrogen and oxygen atoms in total. The van der Waals surface area contributed by atoms with Crippen LogP contribution < -0.4 is 14.5 Å². The molecule has 0 atom stereocenters. The summed E-state index contributed by atoms with van der Waals surface area (Å²) in [6, 6.07) is 9.89. The van der Waals surface area contributed by atoms with Gasteiger partial charge in [0.15, 0.2) is 0 Å². The molecule has 4 rings (SSSR count). The lowest BCUT2D eigenvalue weighted by Crippen LogP contribution is -2.52. The molecule has 1 amide bonds. The summed E-state index contributed by atoms with van der Waals surface area (Å²) in [5, 5.41) is 0. The predicted octanol–water partition coefficient (Wildman–Crippen LogP) is 2.24. The Balaban J connectivity index is 1.47. The molecule has 1 saturated heterocycles. The number of nitrogens with zero attached hydrogens (tertiary/aromatic N) is 5. The Morgan fingerprint density at radius 3 is 2.41 bits per heavy atom. The highest BCUT2D eigenvalue weighted by molar-refractivity contribution is 5.92. The first-order valence-electron chi connectivity index (χ1n) is 10.2. The molecule has 29 heavy (non-hydrogen) atoms. The van der Waals surface area contributed by atoms with Crippen LogP contribution in [0.4, 0.5) is 11.8 Å². The van der Waals surface area contributed by atoms with Crippen molar-refractivity contribution < 1.29 is 9.53 Å². The fourth-order valence-electron chi connectivity index (χ4n) is 4.08. The zero-order valence-electron chi connectivity index (χ0n) is 17.7. The van der Waals surface area contributed by atoms with Crippen molar-refractivity contribution in [3.05, 3.63) is 41.6 Å². The number of amides is 1. The van der Waals surface area contributed by atoms with Gasteiger partial charge in [-0.05, 0) is 25.8 Å². The summed E-state index contributed by atoms with van der Waals surface area (Å²) >= 11 is 0. The highest BCUT2D eigenvalue weighted by Crippen LogP contribution is 2.52. The predicted molar refractivity (Wildman–Crippen MR) is 114 cm³/mol. The van der Waals surface area contributed by atoms with Gasteiger partial charge in [-0.2, -0.15) is 4.98 Å². The number of carbonyl (C=O) groups excluding carboxylic acids is 1. The van der Waals surface area contributed by atoms with Gasteiger partial charge in [0.1, 0.15) is 11.6 Å². The topological polar surface area (TPSA) is 61.8 Å². The smallest absolute Gasteiger partial charge is 0.233 e. The van der Waals surface area contributed by atoms with Crippen molar-refractivity contribution >= 4 is 17.7 Å². The normalized spacial score (nSPS) is 17.8. The second kappa shape index (κ2) is 7.54. The van der Waals surface area contributed by atoms with E-state index in [2.05, 4.69) is 14.9 Å². The monoisotopic (exact) mass is 395 g/mol. The minimum atomic E-state index is -0.410. The lowest BCUT2D eigenvalue weighted by molar-refractivity contribution is -0.134. The van der Waals surface area contributed by atoms with Gasteiger partial charge < -0.3 is 19.4 Å². The van der Waals surface area contributed by atoms with Crippen molar-refractivity contribution in [2.24, 2.45) is 0 Å². The number of hydrogen-bond acceptors (Lipinski definition) is 6. The van der Waals surface area contributed by atoms with Crippen LogP contribution in [-0.2, 0) is 10.2 Å². The first-order chi connectivity index (χ1) is 13.9. The number of methoxy groups -OCH3 is 1. The Kier molecular flexibility index (Phi) is 5.06. The molecule has 0 bridgehead atoms. The highest BCUT2D eigenvalue weighted by atomic mass is 16.5. The summed E-state index contributed by atoms with van der Waals surface area (Å²) in [5.74, 6) is 2.67. The first-order valence-corrected chi connectivity index (χ1v) is 10.2. The molecule has 2 fully saturated rings. The van der Waals surface area contributed by atoms with Crippen LogP contribution in [0.1, 0.15) is 24.1 Å². The van der Waals surface area contributed by atoms with Crippen LogP contribution in [0.25, 0.3) is 0 Å². The number of hydrogen-bond donors (Lipinski definition) is 0. The summed E-state index contributed by atoms with van der Waals surface area (Å²) in [4.78, 5) is 28.9. The Morgan fingerprint density at radius 1 is 1.10 bits per heavy atom. The molecule has 2 aromatic rings. The van der Waals surface area contributed by atoms with E-state index >= 15 is 0 Å². The molecule has 1 saturated carbocycles. The molecule has 0 radical (unpaired) electrons. The number of benzene rings is 1. The van der Waals surface area contributed by atoms with E-state index < -0.39 is 5.41 Å². The quantitative estimate of drug-likeness (QED) is 0.774. The van der Waals surface area contributed by atoms with E-state index in [1.165, 1.54) is 0 Å². The van der Waals surface area contributed by atoms with E-state index in [0.29, 0.717) is 13.1 Å². The van der Waals surface area contributed by atoms with Gasteiger partial charge in [-0.3, -0.25) is 4.79 Å². The third kappa shape index (κ3) is 3.61. The zero-order valence-corrected chi connectivity index (χ0v) is 17.7. The van der Waals surface area contributed by atoms with Gasteiger partial charge in [0.25, 0.3) is 0 Å². The van der Waals surface area contributed by atoms with Crippen LogP contribution in [0.3, 0.4) is 0 Å². The van der Waals surface area contributed by atoms with Crippen LogP contribution in [0.5, 0.6) is 5.75 Å². The van der Waals surface area contributed by atoms with Crippen LogP contribution in [0.15, 0.2) is 30.3 Å². The number of para-hydroxylation sites is 1. The maximum absolute atomic E-state index is 13.4. The number of piperazine rings is 1. The van der Waals surface area contributed by atoms with E-state index in [9.17, 15) is 4.79 Å². The molecule has 1 aliphatic carbocycles. The van der Waals surface area contributed by atoms with Crippen LogP contribution in [0, 0.1) is 6.92 Å². The molecule has 1 aromatic carbocycles. The Hall–Kier alpha value is -2.83. The number of ether oxygens (including phenoxy) is 1. The van der Waals surface area contributed by atoms with Crippen molar-refractivity contribution in [3.63, 3.8) is 0 Å². The summed E-state index contributed by atoms with van der Waals surface area (Å²) in [7, 11) is 5.63. The number of anilines is 2. The van der Waals surface area contributed by atoms with Gasteiger partial charge in [0.2, 0.25) is 11.9 Å². The number of aromatic nitrogens is 2. The average molecular weight is 396 g/mol. The van der Waals surface area contributed by atoms with Crippen molar-refractivity contribution in [3.8, 4) is 5.75 Å². The molecular weight excluding hydrogens is 366 g/mol. The maximum Gasteiger partial charge on any atom is 0.233 e. The maximum atomic E-state index is 13.4. The minimum absolute atomic E-state index is 0.223. The average Bonchev–Trinajstić information content (AvgIpc) is 3.54. The minimum Gasteiger partial charge on any atom is -0.496 e. The molecule has 1 aliphatic heterocycles. The number of rotatable bonds is 5. The van der Waals surface area contributed by atoms with Gasteiger partial charge >= 0.3 is 0 Å². The van der Waals surface area contributed by atoms with Gasteiger partial charge in [-0.1, -0.05) is 18.2 Å². The van der Waals surface area contributed by atoms with Gasteiger partial charge in [-0.25, -0.2) is 4.98 Å². The van der Waals surface area contributed by atoms with Gasteiger partial charge in [-0.15, -0.1) is 0 Å². The summed E-state index contributed by atoms with van der Waals surface area (Å²) in [5.41, 5.74) is 1.56.